The van der Waals surface area contributed by atoms with E-state index >= 15 is 0 Å². The monoisotopic (exact) mass is 272 g/mol. The van der Waals surface area contributed by atoms with Crippen molar-refractivity contribution < 1.29 is 14.4 Å². The number of carbonyl (C=O) groups is 2. The molecule has 1 atom stereocenters. The Balaban J connectivity index is 2.30. The van der Waals surface area contributed by atoms with Crippen molar-refractivity contribution in [3.63, 3.8) is 0 Å². The summed E-state index contributed by atoms with van der Waals surface area (Å²) in [6, 6.07) is 6.23. The third-order valence-corrected chi connectivity index (χ3v) is 3.44. The highest BCUT2D eigenvalue weighted by atomic mass is 16.2. The van der Waals surface area contributed by atoms with Crippen LogP contribution in [0.25, 0.3) is 0 Å². The summed E-state index contributed by atoms with van der Waals surface area (Å²) in [5, 5.41) is 0. The molecule has 1 aromatic carbocycles. The van der Waals surface area contributed by atoms with E-state index in [4.69, 9.17) is 0 Å². The van der Waals surface area contributed by atoms with Gasteiger partial charge < -0.3 is 0 Å². The van der Waals surface area contributed by atoms with Crippen LogP contribution in [0.1, 0.15) is 41.5 Å². The highest BCUT2D eigenvalue weighted by Crippen LogP contribution is 2.27. The number of nitrogens with zero attached hydrogens (tertiary/aromatic N) is 2. The minimum atomic E-state index is -0.470. The van der Waals surface area contributed by atoms with Gasteiger partial charge in [-0.3, -0.25) is 14.5 Å². The Morgan fingerprint density at radius 1 is 1.15 bits per heavy atom. The Kier molecular flexibility index (Phi) is 3.55. The lowest BCUT2D eigenvalue weighted by Gasteiger charge is -2.28. The summed E-state index contributed by atoms with van der Waals surface area (Å²) in [4.78, 5) is 39.9. The predicted molar refractivity (Wildman–Crippen MR) is 73.2 cm³/mol. The molecule has 0 saturated heterocycles. The average Bonchev–Trinajstić information content (AvgIpc) is 2.63. The lowest BCUT2D eigenvalue weighted by atomic mass is 9.87. The van der Waals surface area contributed by atoms with Crippen LogP contribution in [0.15, 0.2) is 29.3 Å². The summed E-state index contributed by atoms with van der Waals surface area (Å²) < 4.78 is 0. The molecule has 0 aromatic heterocycles. The standard InChI is InChI=1S/C15H16N2O3/c1-15(2,3)12(16-9-18)8-17-13(19)10-6-4-5-7-11(10)14(17)20/h4-7,12H,8H2,1-3H3/t12-/m1/s1. The highest BCUT2D eigenvalue weighted by molar-refractivity contribution is 6.21. The normalized spacial score (nSPS) is 15.8. The largest absolute Gasteiger partial charge is 0.272 e. The summed E-state index contributed by atoms with van der Waals surface area (Å²) in [5.41, 5.74) is 0.465. The molecule has 1 aromatic rings. The lowest BCUT2D eigenvalue weighted by molar-refractivity contribution is 0.0624. The van der Waals surface area contributed by atoms with Gasteiger partial charge in [0, 0.05) is 0 Å². The van der Waals surface area contributed by atoms with E-state index in [2.05, 4.69) is 4.99 Å². The molecule has 20 heavy (non-hydrogen) atoms. The second-order valence-corrected chi connectivity index (χ2v) is 5.87. The zero-order valence-corrected chi connectivity index (χ0v) is 11.7. The first-order chi connectivity index (χ1) is 9.36. The van der Waals surface area contributed by atoms with Gasteiger partial charge >= 0.3 is 0 Å². The van der Waals surface area contributed by atoms with Gasteiger partial charge in [0.1, 0.15) is 0 Å². The van der Waals surface area contributed by atoms with Crippen molar-refractivity contribution in [2.45, 2.75) is 26.8 Å². The fourth-order valence-electron chi connectivity index (χ4n) is 2.15. The Bertz CT molecular complexity index is 575. The number of aliphatic imine (C=N–C) groups is 1. The molecule has 1 aliphatic rings. The van der Waals surface area contributed by atoms with Crippen LogP contribution in [-0.4, -0.2) is 35.4 Å². The predicted octanol–water partition coefficient (Wildman–Crippen LogP) is 2.03. The topological polar surface area (TPSA) is 66.8 Å². The fraction of sp³-hybridized carbons (Fsp3) is 0.400. The molecule has 2 rings (SSSR count). The number of fused-ring (bicyclic) bond motifs is 1. The zero-order chi connectivity index (χ0) is 14.9. The first-order valence-corrected chi connectivity index (χ1v) is 6.38. The van der Waals surface area contributed by atoms with Crippen molar-refractivity contribution in [2.75, 3.05) is 6.54 Å². The Hall–Kier alpha value is -2.26. The van der Waals surface area contributed by atoms with Gasteiger partial charge in [-0.05, 0) is 17.5 Å². The van der Waals surface area contributed by atoms with E-state index in [0.717, 1.165) is 4.90 Å². The van der Waals surface area contributed by atoms with Crippen LogP contribution < -0.4 is 0 Å². The lowest BCUT2D eigenvalue weighted by Crippen LogP contribution is -2.41. The Morgan fingerprint density at radius 3 is 2.05 bits per heavy atom. The number of amides is 2. The Morgan fingerprint density at radius 2 is 1.65 bits per heavy atom. The van der Waals surface area contributed by atoms with Gasteiger partial charge in [-0.25, -0.2) is 9.79 Å². The smallest absolute Gasteiger partial charge is 0.261 e. The van der Waals surface area contributed by atoms with Crippen LogP contribution in [-0.2, 0) is 4.79 Å². The van der Waals surface area contributed by atoms with E-state index in [-0.39, 0.29) is 23.8 Å². The van der Waals surface area contributed by atoms with Gasteiger partial charge in [0.2, 0.25) is 6.08 Å². The quantitative estimate of drug-likeness (QED) is 0.480. The summed E-state index contributed by atoms with van der Waals surface area (Å²) in [5.74, 6) is -0.665. The molecular formula is C15H16N2O3. The molecule has 5 nitrogen and oxygen atoms in total. The molecule has 0 radical (unpaired) electrons. The van der Waals surface area contributed by atoms with Gasteiger partial charge in [0.05, 0.1) is 23.7 Å². The minimum absolute atomic E-state index is 0.0884. The average molecular weight is 272 g/mol. The summed E-state index contributed by atoms with van der Waals surface area (Å²) in [6.07, 6.45) is 1.52. The molecule has 1 heterocycles. The fourth-order valence-corrected chi connectivity index (χ4v) is 2.15. The maximum Gasteiger partial charge on any atom is 0.261 e. The van der Waals surface area contributed by atoms with Crippen molar-refractivity contribution in [1.29, 1.82) is 0 Å². The highest BCUT2D eigenvalue weighted by Gasteiger charge is 2.38. The number of rotatable bonds is 3. The van der Waals surface area contributed by atoms with E-state index in [1.165, 1.54) is 6.08 Å². The van der Waals surface area contributed by atoms with E-state index in [0.29, 0.717) is 11.1 Å². The van der Waals surface area contributed by atoms with Crippen molar-refractivity contribution in [2.24, 2.45) is 10.4 Å². The molecule has 0 bridgehead atoms. The number of isocyanates is 1. The number of benzene rings is 1. The minimum Gasteiger partial charge on any atom is -0.272 e. The van der Waals surface area contributed by atoms with Crippen molar-refractivity contribution in [3.8, 4) is 0 Å². The third kappa shape index (κ3) is 2.40. The van der Waals surface area contributed by atoms with Gasteiger partial charge in [0.25, 0.3) is 11.8 Å². The van der Waals surface area contributed by atoms with Gasteiger partial charge in [-0.1, -0.05) is 32.9 Å². The molecule has 0 spiro atoms. The zero-order valence-electron chi connectivity index (χ0n) is 11.7. The first kappa shape index (κ1) is 14.2. The third-order valence-electron chi connectivity index (χ3n) is 3.44. The van der Waals surface area contributed by atoms with Crippen LogP contribution in [0, 0.1) is 5.41 Å². The molecule has 2 amide bonds. The number of imide groups is 1. The van der Waals surface area contributed by atoms with Crippen LogP contribution >= 0.6 is 0 Å². The van der Waals surface area contributed by atoms with Crippen molar-refractivity contribution in [1.82, 2.24) is 4.90 Å². The van der Waals surface area contributed by atoms with Gasteiger partial charge in [-0.15, -0.1) is 0 Å². The molecule has 1 aliphatic heterocycles. The molecule has 0 N–H and O–H groups in total. The van der Waals surface area contributed by atoms with E-state index in [1.807, 2.05) is 20.8 Å². The van der Waals surface area contributed by atoms with Crippen LogP contribution in [0.3, 0.4) is 0 Å². The van der Waals surface area contributed by atoms with Crippen LogP contribution in [0.4, 0.5) is 0 Å². The number of hydrogen-bond acceptors (Lipinski definition) is 4. The molecule has 0 unspecified atom stereocenters. The van der Waals surface area contributed by atoms with E-state index in [1.54, 1.807) is 24.3 Å². The maximum absolute atomic E-state index is 12.2. The van der Waals surface area contributed by atoms with E-state index in [9.17, 15) is 14.4 Å². The SMILES string of the molecule is CC(C)(C)[C@@H](CN1C(=O)c2ccccc2C1=O)N=C=O. The maximum atomic E-state index is 12.2. The molecule has 5 heteroatoms. The molecular weight excluding hydrogens is 256 g/mol. The summed E-state index contributed by atoms with van der Waals surface area (Å²) in [6.45, 7) is 5.79. The van der Waals surface area contributed by atoms with Gasteiger partial charge in [-0.2, -0.15) is 0 Å². The Labute approximate surface area is 117 Å². The van der Waals surface area contributed by atoms with Crippen molar-refractivity contribution in [3.05, 3.63) is 35.4 Å². The number of hydrogen-bond donors (Lipinski definition) is 0. The molecule has 0 aliphatic carbocycles. The molecule has 104 valence electrons. The number of carbonyl (C=O) groups excluding carboxylic acids is 3. The molecule has 0 saturated carbocycles. The van der Waals surface area contributed by atoms with Gasteiger partial charge in [0.15, 0.2) is 0 Å². The second-order valence-electron chi connectivity index (χ2n) is 5.87. The first-order valence-electron chi connectivity index (χ1n) is 6.38. The van der Waals surface area contributed by atoms with E-state index < -0.39 is 6.04 Å². The molecule has 0 fully saturated rings. The van der Waals surface area contributed by atoms with Crippen LogP contribution in [0.2, 0.25) is 0 Å². The van der Waals surface area contributed by atoms with Crippen molar-refractivity contribution >= 4 is 17.9 Å². The summed E-state index contributed by atoms with van der Waals surface area (Å²) in [7, 11) is 0. The summed E-state index contributed by atoms with van der Waals surface area (Å²) >= 11 is 0. The second kappa shape index (κ2) is 5.02. The van der Waals surface area contributed by atoms with Crippen LogP contribution in [0.5, 0.6) is 0 Å².